The highest BCUT2D eigenvalue weighted by Crippen LogP contribution is 2.36. The Morgan fingerprint density at radius 1 is 1.28 bits per heavy atom. The molecule has 0 bridgehead atoms. The van der Waals surface area contributed by atoms with Crippen molar-refractivity contribution in [1.29, 1.82) is 0 Å². The van der Waals surface area contributed by atoms with E-state index in [1.807, 2.05) is 0 Å². The van der Waals surface area contributed by atoms with Gasteiger partial charge in [-0.15, -0.1) is 0 Å². The maximum Gasteiger partial charge on any atom is 0.0325 e. The van der Waals surface area contributed by atoms with Gasteiger partial charge in [-0.2, -0.15) is 0 Å². The second kappa shape index (κ2) is 6.21. The zero-order valence-electron chi connectivity index (χ0n) is 11.7. The molecule has 1 aromatic carbocycles. The number of hydrogen-bond acceptors (Lipinski definition) is 1. The van der Waals surface area contributed by atoms with Crippen LogP contribution in [0.4, 0.5) is 0 Å². The molecular weight excluding hydrogens is 286 g/mol. The summed E-state index contributed by atoms with van der Waals surface area (Å²) in [6.45, 7) is 7.66. The molecule has 1 aliphatic rings. The van der Waals surface area contributed by atoms with Crippen LogP contribution in [0.1, 0.15) is 55.3 Å². The molecule has 100 valence electrons. The van der Waals surface area contributed by atoms with E-state index in [1.54, 1.807) is 0 Å². The molecule has 1 nitrogen and oxygen atoms in total. The highest BCUT2D eigenvalue weighted by atomic mass is 79.9. The van der Waals surface area contributed by atoms with Gasteiger partial charge in [-0.05, 0) is 55.5 Å². The second-order valence-electron chi connectivity index (χ2n) is 5.60. The largest absolute Gasteiger partial charge is 0.310 e. The van der Waals surface area contributed by atoms with Crippen LogP contribution in [0.25, 0.3) is 0 Å². The topological polar surface area (TPSA) is 12.0 Å². The molecule has 0 aliphatic heterocycles. The molecule has 0 spiro atoms. The summed E-state index contributed by atoms with van der Waals surface area (Å²) in [6.07, 6.45) is 5.59. The lowest BCUT2D eigenvalue weighted by Gasteiger charge is -2.31. The van der Waals surface area contributed by atoms with E-state index in [0.717, 1.165) is 12.5 Å². The molecule has 0 amide bonds. The Labute approximate surface area is 119 Å². The second-order valence-corrected chi connectivity index (χ2v) is 6.46. The molecule has 2 rings (SSSR count). The van der Waals surface area contributed by atoms with Gasteiger partial charge in [0.15, 0.2) is 0 Å². The van der Waals surface area contributed by atoms with Crippen molar-refractivity contribution in [2.24, 2.45) is 5.92 Å². The first-order valence-corrected chi connectivity index (χ1v) is 7.91. The Kier molecular flexibility index (Phi) is 4.85. The fourth-order valence-electron chi connectivity index (χ4n) is 2.81. The molecule has 0 radical (unpaired) electrons. The summed E-state index contributed by atoms with van der Waals surface area (Å²) in [5.41, 5.74) is 4.23. The molecule has 1 atom stereocenters. The lowest BCUT2D eigenvalue weighted by Crippen LogP contribution is -2.26. The van der Waals surface area contributed by atoms with E-state index in [2.05, 4.69) is 54.2 Å². The van der Waals surface area contributed by atoms with E-state index in [1.165, 1.54) is 46.8 Å². The average molecular weight is 310 g/mol. The van der Waals surface area contributed by atoms with Crippen molar-refractivity contribution in [3.05, 3.63) is 33.3 Å². The van der Waals surface area contributed by atoms with Gasteiger partial charge in [0, 0.05) is 10.5 Å². The summed E-state index contributed by atoms with van der Waals surface area (Å²) in [6, 6.07) is 5.15. The molecule has 1 unspecified atom stereocenters. The smallest absolute Gasteiger partial charge is 0.0325 e. The van der Waals surface area contributed by atoms with Crippen LogP contribution in [0.15, 0.2) is 16.6 Å². The van der Waals surface area contributed by atoms with Gasteiger partial charge in [-0.3, -0.25) is 0 Å². The highest BCUT2D eigenvalue weighted by molar-refractivity contribution is 9.10. The molecule has 18 heavy (non-hydrogen) atoms. The molecule has 1 fully saturated rings. The van der Waals surface area contributed by atoms with Crippen LogP contribution in [0.2, 0.25) is 0 Å². The van der Waals surface area contributed by atoms with Gasteiger partial charge in [0.25, 0.3) is 0 Å². The van der Waals surface area contributed by atoms with Crippen molar-refractivity contribution in [1.82, 2.24) is 5.32 Å². The molecule has 0 aromatic heterocycles. The van der Waals surface area contributed by atoms with Gasteiger partial charge >= 0.3 is 0 Å². The molecule has 1 N–H and O–H groups in total. The summed E-state index contributed by atoms with van der Waals surface area (Å²) < 4.78 is 1.22. The van der Waals surface area contributed by atoms with Gasteiger partial charge in [0.05, 0.1) is 0 Å². The number of benzene rings is 1. The van der Waals surface area contributed by atoms with Crippen LogP contribution in [0, 0.1) is 19.8 Å². The van der Waals surface area contributed by atoms with Crippen molar-refractivity contribution in [3.63, 3.8) is 0 Å². The number of nitrogens with one attached hydrogen (secondary N) is 1. The fourth-order valence-corrected chi connectivity index (χ4v) is 3.27. The monoisotopic (exact) mass is 309 g/mol. The van der Waals surface area contributed by atoms with Gasteiger partial charge in [0.1, 0.15) is 0 Å². The standard InChI is InChI=1S/C16H24BrN/c1-4-18-16(10-13-6-5-7-13)14-8-12(3)15(17)9-11(14)2/h8-9,13,16,18H,4-7,10H2,1-3H3. The maximum absolute atomic E-state index is 3.67. The van der Waals surface area contributed by atoms with Crippen LogP contribution in [-0.2, 0) is 0 Å². The number of halogens is 1. The molecule has 0 saturated heterocycles. The van der Waals surface area contributed by atoms with E-state index in [-0.39, 0.29) is 0 Å². The van der Waals surface area contributed by atoms with Crippen molar-refractivity contribution in [2.75, 3.05) is 6.54 Å². The minimum atomic E-state index is 0.534. The van der Waals surface area contributed by atoms with E-state index in [9.17, 15) is 0 Å². The summed E-state index contributed by atoms with van der Waals surface area (Å²) in [7, 11) is 0. The minimum Gasteiger partial charge on any atom is -0.310 e. The number of aryl methyl sites for hydroxylation is 2. The van der Waals surface area contributed by atoms with E-state index in [0.29, 0.717) is 6.04 Å². The third kappa shape index (κ3) is 3.16. The lowest BCUT2D eigenvalue weighted by atomic mass is 9.79. The Hall–Kier alpha value is -0.340. The summed E-state index contributed by atoms with van der Waals surface area (Å²) in [4.78, 5) is 0. The molecule has 1 aliphatic carbocycles. The normalized spacial score (nSPS) is 17.6. The van der Waals surface area contributed by atoms with Crippen LogP contribution in [-0.4, -0.2) is 6.54 Å². The van der Waals surface area contributed by atoms with Crippen molar-refractivity contribution in [3.8, 4) is 0 Å². The zero-order valence-corrected chi connectivity index (χ0v) is 13.3. The Morgan fingerprint density at radius 2 is 2.00 bits per heavy atom. The van der Waals surface area contributed by atoms with E-state index < -0.39 is 0 Å². The quantitative estimate of drug-likeness (QED) is 0.815. The first-order chi connectivity index (χ1) is 8.61. The Bertz CT molecular complexity index is 410. The highest BCUT2D eigenvalue weighted by Gasteiger charge is 2.23. The Morgan fingerprint density at radius 3 is 2.56 bits per heavy atom. The third-order valence-corrected chi connectivity index (χ3v) is 5.02. The molecule has 2 heteroatoms. The van der Waals surface area contributed by atoms with E-state index in [4.69, 9.17) is 0 Å². The molecule has 1 aromatic rings. The van der Waals surface area contributed by atoms with Crippen molar-refractivity contribution < 1.29 is 0 Å². The molecular formula is C16H24BrN. The maximum atomic E-state index is 3.67. The van der Waals surface area contributed by atoms with Crippen molar-refractivity contribution >= 4 is 15.9 Å². The Balaban J connectivity index is 2.20. The first kappa shape index (κ1) is 14.1. The average Bonchev–Trinajstić information content (AvgIpc) is 2.27. The zero-order chi connectivity index (χ0) is 13.1. The summed E-state index contributed by atoms with van der Waals surface area (Å²) >= 11 is 3.62. The summed E-state index contributed by atoms with van der Waals surface area (Å²) in [5.74, 6) is 0.942. The third-order valence-electron chi connectivity index (χ3n) is 4.17. The van der Waals surface area contributed by atoms with Crippen molar-refractivity contribution in [2.45, 2.75) is 52.5 Å². The van der Waals surface area contributed by atoms with Gasteiger partial charge in [-0.25, -0.2) is 0 Å². The van der Waals surface area contributed by atoms with Gasteiger partial charge in [0.2, 0.25) is 0 Å². The van der Waals surface area contributed by atoms with Gasteiger partial charge < -0.3 is 5.32 Å². The SMILES string of the molecule is CCNC(CC1CCC1)c1cc(C)c(Br)cc1C. The van der Waals surface area contributed by atoms with Gasteiger partial charge in [-0.1, -0.05) is 48.2 Å². The van der Waals surface area contributed by atoms with Crippen LogP contribution >= 0.6 is 15.9 Å². The number of rotatable bonds is 5. The van der Waals surface area contributed by atoms with Crippen LogP contribution in [0.5, 0.6) is 0 Å². The predicted octanol–water partition coefficient (Wildman–Crippen LogP) is 4.91. The molecule has 1 saturated carbocycles. The first-order valence-electron chi connectivity index (χ1n) is 7.11. The summed E-state index contributed by atoms with van der Waals surface area (Å²) in [5, 5.41) is 3.67. The number of hydrogen-bond donors (Lipinski definition) is 1. The van der Waals surface area contributed by atoms with Crippen LogP contribution < -0.4 is 5.32 Å². The minimum absolute atomic E-state index is 0.534. The fraction of sp³-hybridized carbons (Fsp3) is 0.625. The van der Waals surface area contributed by atoms with Crippen LogP contribution in [0.3, 0.4) is 0 Å². The predicted molar refractivity (Wildman–Crippen MR) is 82.0 cm³/mol. The molecule has 0 heterocycles. The van der Waals surface area contributed by atoms with E-state index >= 15 is 0 Å². The lowest BCUT2D eigenvalue weighted by molar-refractivity contribution is 0.262.